The van der Waals surface area contributed by atoms with Crippen LogP contribution in [0.15, 0.2) is 24.3 Å². The fraction of sp³-hybridized carbons (Fsp3) is 0.652. The van der Waals surface area contributed by atoms with Crippen LogP contribution in [0.3, 0.4) is 0 Å². The Labute approximate surface area is 189 Å². The molecule has 0 radical (unpaired) electrons. The van der Waals surface area contributed by atoms with Crippen molar-refractivity contribution >= 4 is 11.9 Å². The van der Waals surface area contributed by atoms with Gasteiger partial charge in [0.2, 0.25) is 0 Å². The maximum atomic E-state index is 13.2. The molecule has 0 saturated carbocycles. The number of halogens is 6. The zero-order valence-corrected chi connectivity index (χ0v) is 18.6. The van der Waals surface area contributed by atoms with Crippen molar-refractivity contribution in [1.29, 1.82) is 0 Å². The smallest absolute Gasteiger partial charge is 0.425 e. The van der Waals surface area contributed by atoms with E-state index in [1.807, 2.05) is 0 Å². The number of ether oxygens (including phenoxy) is 2. The van der Waals surface area contributed by atoms with Gasteiger partial charge < -0.3 is 9.47 Å². The van der Waals surface area contributed by atoms with E-state index in [4.69, 9.17) is 4.74 Å². The van der Waals surface area contributed by atoms with Crippen LogP contribution in [-0.4, -0.2) is 43.4 Å². The lowest BCUT2D eigenvalue weighted by atomic mass is 10.1. The summed E-state index contributed by atoms with van der Waals surface area (Å²) in [6.07, 6.45) is -0.229. The van der Waals surface area contributed by atoms with E-state index in [1.54, 1.807) is 0 Å². The van der Waals surface area contributed by atoms with Crippen LogP contribution < -0.4 is 0 Å². The quantitative estimate of drug-likeness (QED) is 0.152. The van der Waals surface area contributed by atoms with E-state index < -0.39 is 36.8 Å². The second kappa shape index (κ2) is 14.1. The number of rotatable bonds is 15. The predicted molar refractivity (Wildman–Crippen MR) is 110 cm³/mol. The Morgan fingerprint density at radius 1 is 0.758 bits per heavy atom. The number of carbonyl (C=O) groups excluding carboxylic acids is 2. The molecule has 33 heavy (non-hydrogen) atoms. The van der Waals surface area contributed by atoms with Crippen molar-refractivity contribution in [3.05, 3.63) is 35.4 Å². The van der Waals surface area contributed by atoms with Crippen molar-refractivity contribution < 1.29 is 45.4 Å². The Kier molecular flexibility index (Phi) is 12.3. The summed E-state index contributed by atoms with van der Waals surface area (Å²) in [6, 6.07) is 4.54. The van der Waals surface area contributed by atoms with Gasteiger partial charge in [-0.25, -0.2) is 14.0 Å². The van der Waals surface area contributed by atoms with Gasteiger partial charge in [0.15, 0.2) is 6.61 Å². The van der Waals surface area contributed by atoms with Crippen LogP contribution in [0.2, 0.25) is 0 Å². The number of hydrogen-bond donors (Lipinski definition) is 0. The van der Waals surface area contributed by atoms with Crippen LogP contribution in [-0.2, 0) is 9.47 Å². The third kappa shape index (κ3) is 10.9. The van der Waals surface area contributed by atoms with E-state index in [0.717, 1.165) is 31.4 Å². The first-order valence-electron chi connectivity index (χ1n) is 11.0. The molecule has 0 aromatic heterocycles. The van der Waals surface area contributed by atoms with Crippen molar-refractivity contribution in [3.63, 3.8) is 0 Å². The van der Waals surface area contributed by atoms with Gasteiger partial charge in [0.1, 0.15) is 0 Å². The van der Waals surface area contributed by atoms with Crippen molar-refractivity contribution in [2.24, 2.45) is 0 Å². The molecule has 0 amide bonds. The third-order valence-electron chi connectivity index (χ3n) is 4.89. The van der Waals surface area contributed by atoms with Gasteiger partial charge in [-0.3, -0.25) is 0 Å². The van der Waals surface area contributed by atoms with Crippen LogP contribution in [0.4, 0.5) is 26.3 Å². The maximum absolute atomic E-state index is 13.2. The molecule has 188 valence electrons. The van der Waals surface area contributed by atoms with E-state index in [9.17, 15) is 35.9 Å². The Morgan fingerprint density at radius 3 is 1.64 bits per heavy atom. The number of hydrogen-bond acceptors (Lipinski definition) is 4. The summed E-state index contributed by atoms with van der Waals surface area (Å²) in [4.78, 5) is 23.7. The van der Waals surface area contributed by atoms with E-state index in [1.165, 1.54) is 44.2 Å². The monoisotopic (exact) mass is 484 g/mol. The Bertz CT molecular complexity index is 719. The van der Waals surface area contributed by atoms with Gasteiger partial charge >= 0.3 is 24.0 Å². The lowest BCUT2D eigenvalue weighted by molar-refractivity contribution is -0.251. The predicted octanol–water partition coefficient (Wildman–Crippen LogP) is 7.07. The highest BCUT2D eigenvalue weighted by Gasteiger charge is 2.57. The van der Waals surface area contributed by atoms with E-state index in [0.29, 0.717) is 6.42 Å². The first-order chi connectivity index (χ1) is 15.5. The molecule has 0 bridgehead atoms. The first kappa shape index (κ1) is 28.8. The van der Waals surface area contributed by atoms with Crippen LogP contribution in [0.5, 0.6) is 0 Å². The fourth-order valence-corrected chi connectivity index (χ4v) is 2.96. The van der Waals surface area contributed by atoms with Crippen LogP contribution >= 0.6 is 0 Å². The molecule has 0 fully saturated rings. The maximum Gasteiger partial charge on any atom is 0.425 e. The SMILES string of the molecule is CCCCCCCCCCCOC(=O)c1ccc(C(=O)OCC(F)(F)C(F)C(F)(F)F)cc1. The number of carbonyl (C=O) groups is 2. The van der Waals surface area contributed by atoms with E-state index >= 15 is 0 Å². The van der Waals surface area contributed by atoms with Gasteiger partial charge in [-0.15, -0.1) is 0 Å². The van der Waals surface area contributed by atoms with Gasteiger partial charge in [-0.05, 0) is 30.7 Å². The highest BCUT2D eigenvalue weighted by molar-refractivity contribution is 5.93. The summed E-state index contributed by atoms with van der Waals surface area (Å²) >= 11 is 0. The molecule has 0 heterocycles. The number of esters is 2. The van der Waals surface area contributed by atoms with Gasteiger partial charge in [0.05, 0.1) is 17.7 Å². The average molecular weight is 484 g/mol. The second-order valence-electron chi connectivity index (χ2n) is 7.78. The summed E-state index contributed by atoms with van der Waals surface area (Å²) in [5, 5.41) is 0. The standard InChI is InChI=1S/C23H30F6O4/c1-2-3-4-5-6-7-8-9-10-15-32-19(30)17-11-13-18(14-12-17)20(31)33-16-22(25,26)21(24)23(27,28)29/h11-14,21H,2-10,15-16H2,1H3. The molecule has 0 aliphatic carbocycles. The Hall–Kier alpha value is -2.26. The molecule has 10 heteroatoms. The summed E-state index contributed by atoms with van der Waals surface area (Å²) in [7, 11) is 0. The molecule has 1 aromatic carbocycles. The molecule has 0 N–H and O–H groups in total. The molecule has 4 nitrogen and oxygen atoms in total. The summed E-state index contributed by atoms with van der Waals surface area (Å²) in [5.74, 6) is -6.93. The molecule has 0 saturated heterocycles. The zero-order valence-electron chi connectivity index (χ0n) is 18.6. The van der Waals surface area contributed by atoms with Crippen LogP contribution in [0.1, 0.15) is 85.4 Å². The van der Waals surface area contributed by atoms with Crippen LogP contribution in [0.25, 0.3) is 0 Å². The lowest BCUT2D eigenvalue weighted by Crippen LogP contribution is -2.45. The van der Waals surface area contributed by atoms with Crippen molar-refractivity contribution in [2.75, 3.05) is 13.2 Å². The average Bonchev–Trinajstić information content (AvgIpc) is 2.77. The second-order valence-corrected chi connectivity index (χ2v) is 7.78. The molecule has 0 aliphatic heterocycles. The summed E-state index contributed by atoms with van der Waals surface area (Å²) in [6.45, 7) is 0.328. The summed E-state index contributed by atoms with van der Waals surface area (Å²) < 4.78 is 84.7. The topological polar surface area (TPSA) is 52.6 Å². The number of unbranched alkanes of at least 4 members (excludes halogenated alkanes) is 8. The van der Waals surface area contributed by atoms with Gasteiger partial charge in [0.25, 0.3) is 6.17 Å². The normalized spacial score (nSPS) is 12.9. The third-order valence-corrected chi connectivity index (χ3v) is 4.89. The lowest BCUT2D eigenvalue weighted by Gasteiger charge is -2.22. The molecule has 0 aliphatic rings. The largest absolute Gasteiger partial charge is 0.462 e. The van der Waals surface area contributed by atoms with Crippen molar-refractivity contribution in [1.82, 2.24) is 0 Å². The molecule has 1 unspecified atom stereocenters. The minimum absolute atomic E-state index is 0.105. The minimum Gasteiger partial charge on any atom is -0.462 e. The highest BCUT2D eigenvalue weighted by atomic mass is 19.4. The van der Waals surface area contributed by atoms with Crippen LogP contribution in [0, 0.1) is 0 Å². The zero-order chi connectivity index (χ0) is 24.9. The fourth-order valence-electron chi connectivity index (χ4n) is 2.96. The van der Waals surface area contributed by atoms with Crippen molar-refractivity contribution in [2.45, 2.75) is 83.0 Å². The van der Waals surface area contributed by atoms with Gasteiger partial charge in [0, 0.05) is 0 Å². The number of benzene rings is 1. The molecular formula is C23H30F6O4. The number of alkyl halides is 6. The van der Waals surface area contributed by atoms with Crippen molar-refractivity contribution in [3.8, 4) is 0 Å². The van der Waals surface area contributed by atoms with E-state index in [-0.39, 0.29) is 17.7 Å². The van der Waals surface area contributed by atoms with Gasteiger partial charge in [-0.1, -0.05) is 58.3 Å². The summed E-state index contributed by atoms with van der Waals surface area (Å²) in [5.41, 5.74) is -0.183. The molecule has 1 atom stereocenters. The molecule has 1 rings (SSSR count). The molecule has 0 spiro atoms. The van der Waals surface area contributed by atoms with E-state index in [2.05, 4.69) is 11.7 Å². The minimum atomic E-state index is -5.79. The Morgan fingerprint density at radius 2 is 1.18 bits per heavy atom. The first-order valence-corrected chi connectivity index (χ1v) is 11.0. The van der Waals surface area contributed by atoms with Gasteiger partial charge in [-0.2, -0.15) is 22.0 Å². The molecular weight excluding hydrogens is 454 g/mol. The highest BCUT2D eigenvalue weighted by Crippen LogP contribution is 2.35. The molecule has 1 aromatic rings. The Balaban J connectivity index is 2.34.